The van der Waals surface area contributed by atoms with Crippen LogP contribution in [0.1, 0.15) is 10.4 Å². The first-order chi connectivity index (χ1) is 8.56. The Morgan fingerprint density at radius 1 is 1.17 bits per heavy atom. The van der Waals surface area contributed by atoms with Crippen LogP contribution in [-0.2, 0) is 0 Å². The zero-order valence-electron chi connectivity index (χ0n) is 9.15. The van der Waals surface area contributed by atoms with Crippen molar-refractivity contribution in [3.05, 3.63) is 58.9 Å². The van der Waals surface area contributed by atoms with Gasteiger partial charge in [0.25, 0.3) is 0 Å². The highest BCUT2D eigenvalue weighted by Crippen LogP contribution is 2.26. The molecular weight excluding hydrogens is 257 g/mol. The van der Waals surface area contributed by atoms with Gasteiger partial charge in [-0.3, -0.25) is 0 Å². The second kappa shape index (κ2) is 5.06. The fourth-order valence-electron chi connectivity index (χ4n) is 1.44. The number of halogens is 2. The molecule has 0 aromatic heterocycles. The van der Waals surface area contributed by atoms with Gasteiger partial charge in [-0.2, -0.15) is 0 Å². The van der Waals surface area contributed by atoms with Crippen LogP contribution in [0.4, 0.5) is 15.8 Å². The molecule has 0 atom stereocenters. The lowest BCUT2D eigenvalue weighted by molar-refractivity contribution is 0.0697. The van der Waals surface area contributed by atoms with E-state index in [-0.39, 0.29) is 5.56 Å². The van der Waals surface area contributed by atoms with Crippen LogP contribution in [0.3, 0.4) is 0 Å². The molecule has 0 amide bonds. The van der Waals surface area contributed by atoms with Crippen LogP contribution in [-0.4, -0.2) is 11.1 Å². The zero-order chi connectivity index (χ0) is 13.1. The number of nitrogens with one attached hydrogen (secondary N) is 1. The summed E-state index contributed by atoms with van der Waals surface area (Å²) in [6, 6.07) is 10.1. The standard InChI is InChI=1S/C13H9ClFNO2/c14-11-6-3-9(15)7-12(11)16-10-4-1-8(2-5-10)13(17)18/h1-7,16H,(H,17,18). The Hall–Kier alpha value is -2.07. The summed E-state index contributed by atoms with van der Waals surface area (Å²) in [5.74, 6) is -1.39. The fourth-order valence-corrected chi connectivity index (χ4v) is 1.61. The van der Waals surface area contributed by atoms with Crippen molar-refractivity contribution in [3.8, 4) is 0 Å². The topological polar surface area (TPSA) is 49.3 Å². The van der Waals surface area contributed by atoms with Crippen molar-refractivity contribution in [2.75, 3.05) is 5.32 Å². The third-order valence-corrected chi connectivity index (χ3v) is 2.67. The SMILES string of the molecule is O=C(O)c1ccc(Nc2cc(F)ccc2Cl)cc1. The molecule has 92 valence electrons. The van der Waals surface area contributed by atoms with Gasteiger partial charge in [-0.25, -0.2) is 9.18 Å². The minimum Gasteiger partial charge on any atom is -0.478 e. The molecule has 0 bridgehead atoms. The molecule has 2 aromatic rings. The highest BCUT2D eigenvalue weighted by atomic mass is 35.5. The Morgan fingerprint density at radius 3 is 2.44 bits per heavy atom. The number of hydrogen-bond acceptors (Lipinski definition) is 2. The smallest absolute Gasteiger partial charge is 0.335 e. The van der Waals surface area contributed by atoms with Crippen molar-refractivity contribution >= 4 is 28.9 Å². The monoisotopic (exact) mass is 265 g/mol. The van der Waals surface area contributed by atoms with Gasteiger partial charge in [0.2, 0.25) is 0 Å². The predicted octanol–water partition coefficient (Wildman–Crippen LogP) is 3.92. The number of benzene rings is 2. The average Bonchev–Trinajstić information content (AvgIpc) is 2.34. The Bertz CT molecular complexity index is 584. The van der Waals surface area contributed by atoms with Crippen molar-refractivity contribution in [1.82, 2.24) is 0 Å². The minimum absolute atomic E-state index is 0.186. The summed E-state index contributed by atoms with van der Waals surface area (Å²) < 4.78 is 13.0. The van der Waals surface area contributed by atoms with Crippen LogP contribution < -0.4 is 5.32 Å². The Labute approximate surface area is 108 Å². The number of hydrogen-bond donors (Lipinski definition) is 2. The summed E-state index contributed by atoms with van der Waals surface area (Å²) in [5.41, 5.74) is 1.25. The van der Waals surface area contributed by atoms with E-state index in [1.165, 1.54) is 30.3 Å². The summed E-state index contributed by atoms with van der Waals surface area (Å²) in [6.07, 6.45) is 0. The van der Waals surface area contributed by atoms with Gasteiger partial charge < -0.3 is 10.4 Å². The van der Waals surface area contributed by atoms with E-state index in [2.05, 4.69) is 5.32 Å². The molecule has 0 unspecified atom stereocenters. The number of aromatic carboxylic acids is 1. The van der Waals surface area contributed by atoms with E-state index in [4.69, 9.17) is 16.7 Å². The fraction of sp³-hybridized carbons (Fsp3) is 0. The lowest BCUT2D eigenvalue weighted by atomic mass is 10.2. The Kier molecular flexibility index (Phi) is 3.48. The molecule has 0 radical (unpaired) electrons. The second-order valence-electron chi connectivity index (χ2n) is 3.63. The third kappa shape index (κ3) is 2.78. The molecule has 2 aromatic carbocycles. The van der Waals surface area contributed by atoms with Gasteiger partial charge in [-0.1, -0.05) is 11.6 Å². The van der Waals surface area contributed by atoms with Gasteiger partial charge in [-0.15, -0.1) is 0 Å². The first-order valence-electron chi connectivity index (χ1n) is 5.12. The summed E-state index contributed by atoms with van der Waals surface area (Å²) in [7, 11) is 0. The van der Waals surface area contributed by atoms with Crippen molar-refractivity contribution in [2.24, 2.45) is 0 Å². The van der Waals surface area contributed by atoms with Gasteiger partial charge in [0.1, 0.15) is 5.82 Å². The maximum atomic E-state index is 13.0. The maximum absolute atomic E-state index is 13.0. The molecule has 0 aliphatic carbocycles. The molecule has 0 fully saturated rings. The van der Waals surface area contributed by atoms with E-state index >= 15 is 0 Å². The van der Waals surface area contributed by atoms with Gasteiger partial charge in [0.15, 0.2) is 0 Å². The van der Waals surface area contributed by atoms with E-state index < -0.39 is 11.8 Å². The highest BCUT2D eigenvalue weighted by Gasteiger charge is 2.04. The van der Waals surface area contributed by atoms with Crippen molar-refractivity contribution in [1.29, 1.82) is 0 Å². The van der Waals surface area contributed by atoms with Crippen LogP contribution in [0.25, 0.3) is 0 Å². The van der Waals surface area contributed by atoms with E-state index in [1.54, 1.807) is 12.1 Å². The summed E-state index contributed by atoms with van der Waals surface area (Å²) in [4.78, 5) is 10.7. The first kappa shape index (κ1) is 12.4. The number of anilines is 2. The first-order valence-corrected chi connectivity index (χ1v) is 5.49. The summed E-state index contributed by atoms with van der Waals surface area (Å²) in [6.45, 7) is 0. The molecule has 3 nitrogen and oxygen atoms in total. The van der Waals surface area contributed by atoms with E-state index in [1.807, 2.05) is 0 Å². The molecule has 0 aliphatic heterocycles. The molecule has 0 spiro atoms. The zero-order valence-corrected chi connectivity index (χ0v) is 9.91. The number of carbonyl (C=O) groups is 1. The van der Waals surface area contributed by atoms with Gasteiger partial charge >= 0.3 is 5.97 Å². The lowest BCUT2D eigenvalue weighted by Gasteiger charge is -2.08. The summed E-state index contributed by atoms with van der Waals surface area (Å²) >= 11 is 5.90. The lowest BCUT2D eigenvalue weighted by Crippen LogP contribution is -1.97. The van der Waals surface area contributed by atoms with Crippen LogP contribution in [0, 0.1) is 5.82 Å². The molecule has 0 aliphatic rings. The number of carboxylic acids is 1. The van der Waals surface area contributed by atoms with Crippen LogP contribution >= 0.6 is 11.6 Å². The molecule has 2 rings (SSSR count). The number of rotatable bonds is 3. The van der Waals surface area contributed by atoms with Gasteiger partial charge in [-0.05, 0) is 42.5 Å². The molecule has 2 N–H and O–H groups in total. The third-order valence-electron chi connectivity index (χ3n) is 2.34. The predicted molar refractivity (Wildman–Crippen MR) is 68.1 cm³/mol. The van der Waals surface area contributed by atoms with Crippen molar-refractivity contribution in [3.63, 3.8) is 0 Å². The van der Waals surface area contributed by atoms with Gasteiger partial charge in [0, 0.05) is 5.69 Å². The molecule has 0 heterocycles. The van der Waals surface area contributed by atoms with Gasteiger partial charge in [0.05, 0.1) is 16.3 Å². The normalized spacial score (nSPS) is 10.1. The molecular formula is C13H9ClFNO2. The maximum Gasteiger partial charge on any atom is 0.335 e. The molecule has 0 saturated carbocycles. The van der Waals surface area contributed by atoms with Crippen LogP contribution in [0.5, 0.6) is 0 Å². The minimum atomic E-state index is -0.995. The Balaban J connectivity index is 2.23. The van der Waals surface area contributed by atoms with Crippen molar-refractivity contribution < 1.29 is 14.3 Å². The van der Waals surface area contributed by atoms with E-state index in [0.29, 0.717) is 16.4 Å². The molecule has 0 saturated heterocycles. The number of carboxylic acid groups (broad SMARTS) is 1. The summed E-state index contributed by atoms with van der Waals surface area (Å²) in [5, 5.41) is 12.1. The van der Waals surface area contributed by atoms with Crippen molar-refractivity contribution in [2.45, 2.75) is 0 Å². The van der Waals surface area contributed by atoms with Crippen LogP contribution in [0.15, 0.2) is 42.5 Å². The Morgan fingerprint density at radius 2 is 1.83 bits per heavy atom. The van der Waals surface area contributed by atoms with Crippen LogP contribution in [0.2, 0.25) is 5.02 Å². The second-order valence-corrected chi connectivity index (χ2v) is 4.04. The van der Waals surface area contributed by atoms with E-state index in [0.717, 1.165) is 0 Å². The molecule has 5 heteroatoms. The largest absolute Gasteiger partial charge is 0.478 e. The highest BCUT2D eigenvalue weighted by molar-refractivity contribution is 6.33. The molecule has 18 heavy (non-hydrogen) atoms. The quantitative estimate of drug-likeness (QED) is 0.884. The van der Waals surface area contributed by atoms with E-state index in [9.17, 15) is 9.18 Å². The average molecular weight is 266 g/mol.